The number of rotatable bonds is 8. The van der Waals surface area contributed by atoms with Gasteiger partial charge in [0.25, 0.3) is 5.91 Å². The number of nitrogens with one attached hydrogen (secondary N) is 3. The maximum Gasteiger partial charge on any atom is 0.268 e. The van der Waals surface area contributed by atoms with Gasteiger partial charge in [-0.1, -0.05) is 30.3 Å². The van der Waals surface area contributed by atoms with Crippen molar-refractivity contribution in [2.24, 2.45) is 5.92 Å². The number of anilines is 1. The van der Waals surface area contributed by atoms with Crippen LogP contribution in [0.15, 0.2) is 48.8 Å². The molecule has 1 aromatic carbocycles. The zero-order valence-electron chi connectivity index (χ0n) is 16.4. The molecule has 0 bridgehead atoms. The zero-order valence-corrected chi connectivity index (χ0v) is 16.4. The summed E-state index contributed by atoms with van der Waals surface area (Å²) in [6.07, 6.45) is 6.09. The van der Waals surface area contributed by atoms with Crippen molar-refractivity contribution in [2.45, 2.75) is 25.8 Å². The number of aromatic amines is 1. The molecular weight excluding hydrogens is 366 g/mol. The maximum absolute atomic E-state index is 12.7. The van der Waals surface area contributed by atoms with Gasteiger partial charge in [-0.15, -0.1) is 0 Å². The SMILES string of the molecule is Cc1cnc(NCC2CC2)nc1-c1c[nH]c(C(=O)N[C@H](CO)c2ccccc2)c1. The minimum Gasteiger partial charge on any atom is -0.394 e. The van der Waals surface area contributed by atoms with Crippen LogP contribution in [-0.2, 0) is 0 Å². The summed E-state index contributed by atoms with van der Waals surface area (Å²) in [6.45, 7) is 2.67. The quantitative estimate of drug-likeness (QED) is 0.473. The molecule has 4 N–H and O–H groups in total. The number of aliphatic hydroxyl groups is 1. The molecule has 2 aromatic heterocycles. The number of carbonyl (C=O) groups excluding carboxylic acids is 1. The summed E-state index contributed by atoms with van der Waals surface area (Å²) in [6, 6.07) is 10.7. The lowest BCUT2D eigenvalue weighted by atomic mass is 10.1. The van der Waals surface area contributed by atoms with Crippen molar-refractivity contribution < 1.29 is 9.90 Å². The fraction of sp³-hybridized carbons (Fsp3) is 0.318. The summed E-state index contributed by atoms with van der Waals surface area (Å²) in [7, 11) is 0. The van der Waals surface area contributed by atoms with Crippen molar-refractivity contribution >= 4 is 11.9 Å². The largest absolute Gasteiger partial charge is 0.394 e. The summed E-state index contributed by atoms with van der Waals surface area (Å²) in [5.74, 6) is 1.06. The summed E-state index contributed by atoms with van der Waals surface area (Å²) >= 11 is 0. The molecule has 3 aromatic rings. The van der Waals surface area contributed by atoms with E-state index in [4.69, 9.17) is 0 Å². The van der Waals surface area contributed by atoms with Crippen molar-refractivity contribution in [2.75, 3.05) is 18.5 Å². The van der Waals surface area contributed by atoms with Crippen LogP contribution < -0.4 is 10.6 Å². The number of hydrogen-bond donors (Lipinski definition) is 4. The van der Waals surface area contributed by atoms with E-state index in [2.05, 4.69) is 25.6 Å². The van der Waals surface area contributed by atoms with E-state index in [9.17, 15) is 9.90 Å². The van der Waals surface area contributed by atoms with Crippen molar-refractivity contribution in [3.8, 4) is 11.3 Å². The van der Waals surface area contributed by atoms with Gasteiger partial charge in [0.1, 0.15) is 5.69 Å². The predicted molar refractivity (Wildman–Crippen MR) is 112 cm³/mol. The number of H-pyrrole nitrogens is 1. The highest BCUT2D eigenvalue weighted by atomic mass is 16.3. The minimum absolute atomic E-state index is 0.176. The van der Waals surface area contributed by atoms with Gasteiger partial charge in [-0.25, -0.2) is 9.97 Å². The van der Waals surface area contributed by atoms with Crippen molar-refractivity contribution in [3.05, 3.63) is 65.6 Å². The van der Waals surface area contributed by atoms with Crippen LogP contribution in [0.4, 0.5) is 5.95 Å². The van der Waals surface area contributed by atoms with Gasteiger partial charge in [0.05, 0.1) is 18.3 Å². The molecule has 1 aliphatic carbocycles. The fourth-order valence-corrected chi connectivity index (χ4v) is 3.19. The Bertz CT molecular complexity index is 982. The molecule has 150 valence electrons. The van der Waals surface area contributed by atoms with Gasteiger partial charge < -0.3 is 20.7 Å². The van der Waals surface area contributed by atoms with Gasteiger partial charge in [0.15, 0.2) is 0 Å². The Morgan fingerprint density at radius 1 is 1.31 bits per heavy atom. The van der Waals surface area contributed by atoms with Crippen LogP contribution in [-0.4, -0.2) is 39.1 Å². The summed E-state index contributed by atoms with van der Waals surface area (Å²) in [5, 5.41) is 15.8. The molecule has 0 aliphatic heterocycles. The lowest BCUT2D eigenvalue weighted by molar-refractivity contribution is 0.0912. The second kappa shape index (κ2) is 8.45. The van der Waals surface area contributed by atoms with Crippen LogP contribution in [0, 0.1) is 12.8 Å². The lowest BCUT2D eigenvalue weighted by Gasteiger charge is -2.16. The summed E-state index contributed by atoms with van der Waals surface area (Å²) in [4.78, 5) is 24.7. The molecule has 1 atom stereocenters. The monoisotopic (exact) mass is 391 g/mol. The molecule has 7 heteroatoms. The van der Waals surface area contributed by atoms with Crippen LogP contribution in [0.3, 0.4) is 0 Å². The van der Waals surface area contributed by atoms with Crippen molar-refractivity contribution in [1.29, 1.82) is 0 Å². The summed E-state index contributed by atoms with van der Waals surface area (Å²) < 4.78 is 0. The molecule has 0 unspecified atom stereocenters. The molecule has 2 heterocycles. The Labute approximate surface area is 169 Å². The normalized spacial score (nSPS) is 14.4. The minimum atomic E-state index is -0.463. The molecular formula is C22H25N5O2. The van der Waals surface area contributed by atoms with Crippen LogP contribution in [0.25, 0.3) is 11.3 Å². The number of benzene rings is 1. The van der Waals surface area contributed by atoms with Crippen LogP contribution >= 0.6 is 0 Å². The van der Waals surface area contributed by atoms with Gasteiger partial charge in [-0.05, 0) is 42.9 Å². The van der Waals surface area contributed by atoms with Crippen LogP contribution in [0.1, 0.15) is 40.5 Å². The number of nitrogens with zero attached hydrogens (tertiary/aromatic N) is 2. The van der Waals surface area contributed by atoms with E-state index < -0.39 is 6.04 Å². The Balaban J connectivity index is 1.48. The Hall–Kier alpha value is -3.19. The highest BCUT2D eigenvalue weighted by Crippen LogP contribution is 2.29. The molecule has 0 spiro atoms. The Morgan fingerprint density at radius 3 is 2.83 bits per heavy atom. The maximum atomic E-state index is 12.7. The number of aryl methyl sites for hydroxylation is 1. The molecule has 4 rings (SSSR count). The number of aliphatic hydroxyl groups excluding tert-OH is 1. The summed E-state index contributed by atoms with van der Waals surface area (Å²) in [5.41, 5.74) is 3.82. The topological polar surface area (TPSA) is 103 Å². The van der Waals surface area contributed by atoms with Gasteiger partial charge in [0.2, 0.25) is 5.95 Å². The Morgan fingerprint density at radius 2 is 2.10 bits per heavy atom. The van der Waals surface area contributed by atoms with Gasteiger partial charge >= 0.3 is 0 Å². The highest BCUT2D eigenvalue weighted by molar-refractivity contribution is 5.94. The van der Waals surface area contributed by atoms with E-state index in [1.165, 1.54) is 12.8 Å². The third kappa shape index (κ3) is 4.63. The number of aromatic nitrogens is 3. The van der Waals surface area contributed by atoms with Gasteiger partial charge in [0, 0.05) is 24.5 Å². The van der Waals surface area contributed by atoms with E-state index in [-0.39, 0.29) is 12.5 Å². The van der Waals surface area contributed by atoms with Crippen molar-refractivity contribution in [3.63, 3.8) is 0 Å². The first-order valence-corrected chi connectivity index (χ1v) is 9.87. The number of hydrogen-bond acceptors (Lipinski definition) is 5. The van der Waals surface area contributed by atoms with Crippen LogP contribution in [0.5, 0.6) is 0 Å². The van der Waals surface area contributed by atoms with E-state index >= 15 is 0 Å². The van der Waals surface area contributed by atoms with Crippen molar-refractivity contribution in [1.82, 2.24) is 20.3 Å². The van der Waals surface area contributed by atoms with E-state index in [1.54, 1.807) is 18.5 Å². The standard InChI is InChI=1S/C22H25N5O2/c1-14-10-24-22(25-11-15-7-8-15)27-20(14)17-9-18(23-12-17)21(29)26-19(13-28)16-5-3-2-4-6-16/h2-6,9-10,12,15,19,23,28H,7-8,11,13H2,1H3,(H,26,29)(H,24,25,27)/t19-/m1/s1. The highest BCUT2D eigenvalue weighted by Gasteiger charge is 2.21. The average Bonchev–Trinajstić information content (AvgIpc) is 3.45. The first-order valence-electron chi connectivity index (χ1n) is 9.87. The molecule has 29 heavy (non-hydrogen) atoms. The molecule has 1 fully saturated rings. The molecule has 1 aliphatic rings. The molecule has 1 saturated carbocycles. The fourth-order valence-electron chi connectivity index (χ4n) is 3.19. The third-order valence-corrected chi connectivity index (χ3v) is 5.11. The molecule has 0 radical (unpaired) electrons. The Kier molecular flexibility index (Phi) is 5.57. The van der Waals surface area contributed by atoms with E-state index in [1.807, 2.05) is 37.3 Å². The number of amides is 1. The lowest BCUT2D eigenvalue weighted by Crippen LogP contribution is -2.30. The second-order valence-electron chi connectivity index (χ2n) is 7.47. The van der Waals surface area contributed by atoms with Gasteiger partial charge in [-0.3, -0.25) is 4.79 Å². The zero-order chi connectivity index (χ0) is 20.2. The molecule has 7 nitrogen and oxygen atoms in total. The smallest absolute Gasteiger partial charge is 0.268 e. The number of carbonyl (C=O) groups is 1. The second-order valence-corrected chi connectivity index (χ2v) is 7.47. The average molecular weight is 391 g/mol. The predicted octanol–water partition coefficient (Wildman–Crippen LogP) is 3.07. The van der Waals surface area contributed by atoms with E-state index in [0.29, 0.717) is 11.6 Å². The first kappa shape index (κ1) is 19.1. The molecule has 1 amide bonds. The van der Waals surface area contributed by atoms with Gasteiger partial charge in [-0.2, -0.15) is 0 Å². The third-order valence-electron chi connectivity index (χ3n) is 5.11. The first-order chi connectivity index (χ1) is 14.1. The molecule has 0 saturated heterocycles. The van der Waals surface area contributed by atoms with E-state index in [0.717, 1.165) is 34.8 Å². The van der Waals surface area contributed by atoms with Crippen LogP contribution in [0.2, 0.25) is 0 Å².